The second-order valence-corrected chi connectivity index (χ2v) is 8.74. The normalized spacial score (nSPS) is 17.8. The Labute approximate surface area is 201 Å². The molecule has 0 radical (unpaired) electrons. The van der Waals surface area contributed by atoms with E-state index in [0.29, 0.717) is 25.5 Å². The SMILES string of the molecule is FC(F)(F)c1nnc2ccc(N3CCN(c4ccc(OCCCN5CCNCC5)cc4)CC3)nn12. The minimum atomic E-state index is -4.61. The maximum absolute atomic E-state index is 13.2. The molecule has 0 saturated carbocycles. The van der Waals surface area contributed by atoms with Gasteiger partial charge in [-0.2, -0.15) is 17.7 Å². The standard InChI is InChI=1S/C23H29F3N8O/c24-23(25,26)22-29-28-20-6-7-21(30-34(20)22)33-15-13-32(14-16-33)18-2-4-19(5-3-18)35-17-1-10-31-11-8-27-9-12-31/h2-7,27H,1,8-17H2. The Kier molecular flexibility index (Phi) is 6.91. The van der Waals surface area contributed by atoms with Crippen molar-refractivity contribution < 1.29 is 17.9 Å². The molecule has 5 rings (SSSR count). The van der Waals surface area contributed by atoms with Crippen molar-refractivity contribution in [1.29, 1.82) is 0 Å². The highest BCUT2D eigenvalue weighted by Gasteiger charge is 2.37. The van der Waals surface area contributed by atoms with Gasteiger partial charge >= 0.3 is 6.18 Å². The first-order valence-corrected chi connectivity index (χ1v) is 11.9. The fourth-order valence-corrected chi connectivity index (χ4v) is 4.48. The van der Waals surface area contributed by atoms with E-state index in [-0.39, 0.29) is 5.65 Å². The quantitative estimate of drug-likeness (QED) is 0.505. The number of alkyl halides is 3. The number of nitrogens with zero attached hydrogens (tertiary/aromatic N) is 7. The molecule has 0 aliphatic carbocycles. The number of hydrogen-bond donors (Lipinski definition) is 1. The zero-order valence-corrected chi connectivity index (χ0v) is 19.4. The van der Waals surface area contributed by atoms with Crippen LogP contribution >= 0.6 is 0 Å². The van der Waals surface area contributed by atoms with Crippen LogP contribution in [0, 0.1) is 0 Å². The van der Waals surface area contributed by atoms with Crippen LogP contribution in [0.3, 0.4) is 0 Å². The van der Waals surface area contributed by atoms with Crippen LogP contribution in [-0.2, 0) is 6.18 Å². The smallest absolute Gasteiger partial charge is 0.453 e. The molecule has 35 heavy (non-hydrogen) atoms. The molecular weight excluding hydrogens is 461 g/mol. The summed E-state index contributed by atoms with van der Waals surface area (Å²) < 4.78 is 46.2. The molecule has 2 aromatic heterocycles. The molecule has 1 N–H and O–H groups in total. The number of aromatic nitrogens is 4. The molecular formula is C23H29F3N8O. The van der Waals surface area contributed by atoms with Crippen LogP contribution in [-0.4, -0.2) is 90.2 Å². The summed E-state index contributed by atoms with van der Waals surface area (Å²) in [5, 5.41) is 14.3. The molecule has 2 fully saturated rings. The van der Waals surface area contributed by atoms with Crippen LogP contribution in [0.5, 0.6) is 5.75 Å². The minimum absolute atomic E-state index is 0.0748. The number of fused-ring (bicyclic) bond motifs is 1. The van der Waals surface area contributed by atoms with Gasteiger partial charge in [-0.1, -0.05) is 0 Å². The van der Waals surface area contributed by atoms with Crippen LogP contribution in [0.4, 0.5) is 24.7 Å². The number of benzene rings is 1. The first kappa shape index (κ1) is 23.6. The highest BCUT2D eigenvalue weighted by atomic mass is 19.4. The van der Waals surface area contributed by atoms with Gasteiger partial charge in [0.05, 0.1) is 6.61 Å². The Hall–Kier alpha value is -3.12. The van der Waals surface area contributed by atoms with Crippen molar-refractivity contribution in [2.45, 2.75) is 12.6 Å². The summed E-state index contributed by atoms with van der Waals surface area (Å²) in [6.07, 6.45) is -3.60. The van der Waals surface area contributed by atoms with Gasteiger partial charge in [0.2, 0.25) is 0 Å². The lowest BCUT2D eigenvalue weighted by atomic mass is 10.2. The predicted octanol–water partition coefficient (Wildman–Crippen LogP) is 2.14. The van der Waals surface area contributed by atoms with Crippen molar-refractivity contribution in [1.82, 2.24) is 30.0 Å². The molecule has 2 saturated heterocycles. The Morgan fingerprint density at radius 3 is 2.29 bits per heavy atom. The summed E-state index contributed by atoms with van der Waals surface area (Å²) in [7, 11) is 0. The van der Waals surface area contributed by atoms with E-state index >= 15 is 0 Å². The molecule has 188 valence electrons. The van der Waals surface area contributed by atoms with E-state index in [1.165, 1.54) is 6.07 Å². The van der Waals surface area contributed by atoms with Gasteiger partial charge in [0.1, 0.15) is 11.6 Å². The average Bonchev–Trinajstić information content (AvgIpc) is 3.32. The third-order valence-corrected chi connectivity index (χ3v) is 6.40. The monoisotopic (exact) mass is 490 g/mol. The van der Waals surface area contributed by atoms with Crippen LogP contribution in [0.15, 0.2) is 36.4 Å². The molecule has 3 aromatic rings. The number of anilines is 2. The third-order valence-electron chi connectivity index (χ3n) is 6.40. The second kappa shape index (κ2) is 10.2. The van der Waals surface area contributed by atoms with E-state index in [0.717, 1.165) is 68.2 Å². The number of ether oxygens (including phenoxy) is 1. The largest absolute Gasteiger partial charge is 0.494 e. The van der Waals surface area contributed by atoms with Gasteiger partial charge < -0.3 is 24.8 Å². The Morgan fingerprint density at radius 1 is 0.857 bits per heavy atom. The van der Waals surface area contributed by atoms with Gasteiger partial charge in [0.15, 0.2) is 5.65 Å². The number of halogens is 3. The fraction of sp³-hybridized carbons (Fsp3) is 0.522. The van der Waals surface area contributed by atoms with Crippen molar-refractivity contribution >= 4 is 17.2 Å². The molecule has 9 nitrogen and oxygen atoms in total. The van der Waals surface area contributed by atoms with Gasteiger partial charge in [-0.25, -0.2) is 0 Å². The topological polar surface area (TPSA) is 74.1 Å². The fourth-order valence-electron chi connectivity index (χ4n) is 4.48. The Morgan fingerprint density at radius 2 is 1.57 bits per heavy atom. The first-order valence-electron chi connectivity index (χ1n) is 11.9. The molecule has 1 aromatic carbocycles. The van der Waals surface area contributed by atoms with Gasteiger partial charge in [0.25, 0.3) is 5.82 Å². The molecule has 0 unspecified atom stereocenters. The molecule has 0 atom stereocenters. The molecule has 0 spiro atoms. The van der Waals surface area contributed by atoms with Gasteiger partial charge in [-0.05, 0) is 42.8 Å². The summed E-state index contributed by atoms with van der Waals surface area (Å²) in [6, 6.07) is 11.3. The Bertz CT molecular complexity index is 1110. The highest BCUT2D eigenvalue weighted by Crippen LogP contribution is 2.28. The first-order chi connectivity index (χ1) is 17.0. The van der Waals surface area contributed by atoms with Crippen molar-refractivity contribution in [2.75, 3.05) is 75.3 Å². The van der Waals surface area contributed by atoms with E-state index in [2.05, 4.69) is 42.5 Å². The zero-order chi connectivity index (χ0) is 24.3. The predicted molar refractivity (Wildman–Crippen MR) is 126 cm³/mol. The maximum atomic E-state index is 13.2. The zero-order valence-electron chi connectivity index (χ0n) is 19.4. The van der Waals surface area contributed by atoms with Crippen molar-refractivity contribution in [3.63, 3.8) is 0 Å². The Balaban J connectivity index is 1.12. The molecule has 4 heterocycles. The van der Waals surface area contributed by atoms with E-state index < -0.39 is 12.0 Å². The summed E-state index contributed by atoms with van der Waals surface area (Å²) in [5.41, 5.74) is 1.17. The lowest BCUT2D eigenvalue weighted by molar-refractivity contribution is -0.146. The lowest BCUT2D eigenvalue weighted by Gasteiger charge is -2.36. The third kappa shape index (κ3) is 5.59. The summed E-state index contributed by atoms with van der Waals surface area (Å²) in [4.78, 5) is 6.69. The second-order valence-electron chi connectivity index (χ2n) is 8.74. The molecule has 0 amide bonds. The van der Waals surface area contributed by atoms with E-state index in [4.69, 9.17) is 4.74 Å². The van der Waals surface area contributed by atoms with Crippen molar-refractivity contribution in [3.8, 4) is 5.75 Å². The van der Waals surface area contributed by atoms with E-state index in [9.17, 15) is 13.2 Å². The average molecular weight is 491 g/mol. The van der Waals surface area contributed by atoms with Crippen molar-refractivity contribution in [2.24, 2.45) is 0 Å². The van der Waals surface area contributed by atoms with Gasteiger partial charge in [-0.3, -0.25) is 0 Å². The van der Waals surface area contributed by atoms with E-state index in [1.807, 2.05) is 17.0 Å². The summed E-state index contributed by atoms with van der Waals surface area (Å²) >= 11 is 0. The van der Waals surface area contributed by atoms with Crippen molar-refractivity contribution in [3.05, 3.63) is 42.2 Å². The minimum Gasteiger partial charge on any atom is -0.494 e. The lowest BCUT2D eigenvalue weighted by Crippen LogP contribution is -2.47. The number of rotatable bonds is 7. The number of hydrogen-bond acceptors (Lipinski definition) is 8. The number of nitrogens with one attached hydrogen (secondary N) is 1. The van der Waals surface area contributed by atoms with Crippen LogP contribution in [0.1, 0.15) is 12.2 Å². The van der Waals surface area contributed by atoms with Crippen LogP contribution < -0.4 is 19.9 Å². The maximum Gasteiger partial charge on any atom is 0.453 e. The molecule has 12 heteroatoms. The highest BCUT2D eigenvalue weighted by molar-refractivity contribution is 5.52. The molecule has 2 aliphatic rings. The number of piperazine rings is 2. The van der Waals surface area contributed by atoms with E-state index in [1.54, 1.807) is 6.07 Å². The molecule has 2 aliphatic heterocycles. The summed E-state index contributed by atoms with van der Waals surface area (Å²) in [6.45, 7) is 8.83. The molecule has 0 bridgehead atoms. The van der Waals surface area contributed by atoms with Gasteiger partial charge in [-0.15, -0.1) is 15.3 Å². The van der Waals surface area contributed by atoms with Crippen LogP contribution in [0.25, 0.3) is 5.65 Å². The summed E-state index contributed by atoms with van der Waals surface area (Å²) in [5.74, 6) is 0.228. The van der Waals surface area contributed by atoms with Gasteiger partial charge in [0, 0.05) is 64.6 Å². The van der Waals surface area contributed by atoms with Crippen LogP contribution in [0.2, 0.25) is 0 Å².